The first kappa shape index (κ1) is 13.3. The molecular formula is C14H14INO2. The summed E-state index contributed by atoms with van der Waals surface area (Å²) in [6.45, 7) is 0. The Balaban J connectivity index is 2.16. The highest BCUT2D eigenvalue weighted by atomic mass is 127. The zero-order valence-corrected chi connectivity index (χ0v) is 12.2. The molecule has 1 aromatic carbocycles. The predicted octanol–water partition coefficient (Wildman–Crippen LogP) is 2.97. The molecule has 1 N–H and O–H groups in total. The average Bonchev–Trinajstić information content (AvgIpc) is 2.41. The lowest BCUT2D eigenvalue weighted by molar-refractivity contribution is 0.173. The van der Waals surface area contributed by atoms with Crippen molar-refractivity contribution in [2.75, 3.05) is 7.11 Å². The Kier molecular flexibility index (Phi) is 4.54. The summed E-state index contributed by atoms with van der Waals surface area (Å²) in [5, 5.41) is 10.2. The third-order valence-corrected chi connectivity index (χ3v) is 3.41. The fourth-order valence-corrected chi connectivity index (χ4v) is 2.14. The van der Waals surface area contributed by atoms with Gasteiger partial charge in [-0.15, -0.1) is 0 Å². The number of aliphatic hydroxyl groups excluding tert-OH is 1. The third-order valence-electron chi connectivity index (χ3n) is 2.70. The second-order valence-electron chi connectivity index (χ2n) is 3.95. The van der Waals surface area contributed by atoms with E-state index in [2.05, 4.69) is 27.6 Å². The second-order valence-corrected chi connectivity index (χ2v) is 5.19. The molecule has 0 saturated heterocycles. The molecule has 3 nitrogen and oxygen atoms in total. The van der Waals surface area contributed by atoms with Crippen LogP contribution in [0.3, 0.4) is 0 Å². The number of benzene rings is 1. The van der Waals surface area contributed by atoms with Crippen LogP contribution < -0.4 is 4.74 Å². The monoisotopic (exact) mass is 355 g/mol. The Morgan fingerprint density at radius 3 is 2.67 bits per heavy atom. The lowest BCUT2D eigenvalue weighted by Crippen LogP contribution is -2.05. The van der Waals surface area contributed by atoms with Crippen molar-refractivity contribution in [1.29, 1.82) is 0 Å². The minimum absolute atomic E-state index is 0.482. The Bertz CT molecular complexity index is 513. The van der Waals surface area contributed by atoms with Crippen molar-refractivity contribution >= 4 is 22.6 Å². The Labute approximate surface area is 120 Å². The minimum atomic E-state index is -0.603. The van der Waals surface area contributed by atoms with Crippen LogP contribution in [0.25, 0.3) is 0 Å². The zero-order valence-electron chi connectivity index (χ0n) is 10.0. The summed E-state index contributed by atoms with van der Waals surface area (Å²) in [5.74, 6) is 0.482. The van der Waals surface area contributed by atoms with Crippen molar-refractivity contribution < 1.29 is 9.84 Å². The topological polar surface area (TPSA) is 42.4 Å². The molecule has 0 spiro atoms. The van der Waals surface area contributed by atoms with Crippen molar-refractivity contribution in [3.63, 3.8) is 0 Å². The number of aromatic nitrogens is 1. The molecule has 0 aliphatic heterocycles. The molecule has 2 aromatic rings. The van der Waals surface area contributed by atoms with Crippen LogP contribution in [0.1, 0.15) is 17.2 Å². The minimum Gasteiger partial charge on any atom is -0.481 e. The fourth-order valence-electron chi connectivity index (χ4n) is 1.78. The molecule has 0 aliphatic rings. The van der Waals surface area contributed by atoms with Gasteiger partial charge in [0.15, 0.2) is 0 Å². The van der Waals surface area contributed by atoms with Gasteiger partial charge in [-0.05, 0) is 52.4 Å². The summed E-state index contributed by atoms with van der Waals surface area (Å²) >= 11 is 2.26. The summed E-state index contributed by atoms with van der Waals surface area (Å²) in [5.41, 5.74) is 1.81. The quantitative estimate of drug-likeness (QED) is 0.858. The van der Waals surface area contributed by atoms with Gasteiger partial charge in [-0.2, -0.15) is 0 Å². The van der Waals surface area contributed by atoms with Crippen LogP contribution in [0.2, 0.25) is 0 Å². The number of methoxy groups -OCH3 is 1. The Hall–Kier alpha value is -1.14. The molecule has 1 aromatic heterocycles. The number of pyridine rings is 1. The summed E-state index contributed by atoms with van der Waals surface area (Å²) in [4.78, 5) is 4.09. The van der Waals surface area contributed by atoms with Gasteiger partial charge in [0.2, 0.25) is 5.88 Å². The van der Waals surface area contributed by atoms with E-state index in [-0.39, 0.29) is 0 Å². The van der Waals surface area contributed by atoms with Crippen LogP contribution in [0, 0.1) is 3.57 Å². The number of aliphatic hydroxyl groups is 1. The molecule has 18 heavy (non-hydrogen) atoms. The molecule has 0 saturated carbocycles. The van der Waals surface area contributed by atoms with E-state index in [1.807, 2.05) is 30.3 Å². The van der Waals surface area contributed by atoms with Crippen LogP contribution in [-0.2, 0) is 6.42 Å². The van der Waals surface area contributed by atoms with E-state index in [1.165, 1.54) is 3.57 Å². The second kappa shape index (κ2) is 6.15. The van der Waals surface area contributed by atoms with Crippen LogP contribution in [0.4, 0.5) is 0 Å². The van der Waals surface area contributed by atoms with E-state index in [4.69, 9.17) is 4.74 Å². The summed E-state index contributed by atoms with van der Waals surface area (Å²) in [7, 11) is 1.56. The molecule has 94 valence electrons. The summed E-state index contributed by atoms with van der Waals surface area (Å²) < 4.78 is 6.34. The van der Waals surface area contributed by atoms with Gasteiger partial charge in [0.25, 0.3) is 0 Å². The maximum absolute atomic E-state index is 10.2. The Morgan fingerprint density at radius 1 is 1.28 bits per heavy atom. The number of nitrogens with zero attached hydrogens (tertiary/aromatic N) is 1. The first-order valence-electron chi connectivity index (χ1n) is 5.62. The molecule has 1 unspecified atom stereocenters. The standard InChI is InChI=1S/C14H14INO2/c1-18-14-12(3-2-8-16-14)13(17)9-10-4-6-11(15)7-5-10/h2-8,13,17H,9H2,1H3. The van der Waals surface area contributed by atoms with Gasteiger partial charge in [0.05, 0.1) is 13.2 Å². The van der Waals surface area contributed by atoms with E-state index in [9.17, 15) is 5.11 Å². The van der Waals surface area contributed by atoms with Crippen molar-refractivity contribution in [3.05, 3.63) is 57.3 Å². The van der Waals surface area contributed by atoms with Gasteiger partial charge in [-0.3, -0.25) is 0 Å². The van der Waals surface area contributed by atoms with Gasteiger partial charge in [0, 0.05) is 21.8 Å². The van der Waals surface area contributed by atoms with Gasteiger partial charge in [-0.1, -0.05) is 12.1 Å². The molecule has 0 amide bonds. The smallest absolute Gasteiger partial charge is 0.218 e. The Morgan fingerprint density at radius 2 is 2.00 bits per heavy atom. The average molecular weight is 355 g/mol. The van der Waals surface area contributed by atoms with Gasteiger partial charge < -0.3 is 9.84 Å². The molecule has 1 atom stereocenters. The van der Waals surface area contributed by atoms with Crippen LogP contribution in [0.15, 0.2) is 42.6 Å². The molecular weight excluding hydrogens is 341 g/mol. The van der Waals surface area contributed by atoms with E-state index < -0.39 is 6.10 Å². The SMILES string of the molecule is COc1ncccc1C(O)Cc1ccc(I)cc1. The van der Waals surface area contributed by atoms with Gasteiger partial charge >= 0.3 is 0 Å². The third kappa shape index (κ3) is 3.20. The van der Waals surface area contributed by atoms with E-state index in [0.29, 0.717) is 12.3 Å². The molecule has 0 radical (unpaired) electrons. The molecule has 0 aliphatic carbocycles. The number of hydrogen-bond donors (Lipinski definition) is 1. The van der Waals surface area contributed by atoms with Crippen LogP contribution in [0.5, 0.6) is 5.88 Å². The summed E-state index contributed by atoms with van der Waals surface area (Å²) in [6, 6.07) is 11.7. The highest BCUT2D eigenvalue weighted by Gasteiger charge is 2.14. The number of hydrogen-bond acceptors (Lipinski definition) is 3. The first-order chi connectivity index (χ1) is 8.70. The van der Waals surface area contributed by atoms with E-state index >= 15 is 0 Å². The van der Waals surface area contributed by atoms with Crippen molar-refractivity contribution in [1.82, 2.24) is 4.98 Å². The van der Waals surface area contributed by atoms with Crippen molar-refractivity contribution in [2.24, 2.45) is 0 Å². The van der Waals surface area contributed by atoms with Crippen molar-refractivity contribution in [2.45, 2.75) is 12.5 Å². The number of ether oxygens (including phenoxy) is 1. The van der Waals surface area contributed by atoms with E-state index in [1.54, 1.807) is 19.4 Å². The highest BCUT2D eigenvalue weighted by molar-refractivity contribution is 14.1. The van der Waals surface area contributed by atoms with Gasteiger partial charge in [-0.25, -0.2) is 4.98 Å². The highest BCUT2D eigenvalue weighted by Crippen LogP contribution is 2.25. The normalized spacial score (nSPS) is 12.2. The van der Waals surface area contributed by atoms with E-state index in [0.717, 1.165) is 11.1 Å². The molecule has 2 rings (SSSR count). The first-order valence-corrected chi connectivity index (χ1v) is 6.70. The molecule has 1 heterocycles. The number of halogens is 1. The molecule has 4 heteroatoms. The number of rotatable bonds is 4. The lowest BCUT2D eigenvalue weighted by atomic mass is 10.0. The van der Waals surface area contributed by atoms with Crippen LogP contribution in [-0.4, -0.2) is 17.2 Å². The fraction of sp³-hybridized carbons (Fsp3) is 0.214. The van der Waals surface area contributed by atoms with Gasteiger partial charge in [0.1, 0.15) is 0 Å². The van der Waals surface area contributed by atoms with Crippen molar-refractivity contribution in [3.8, 4) is 5.88 Å². The molecule has 0 bridgehead atoms. The maximum atomic E-state index is 10.2. The lowest BCUT2D eigenvalue weighted by Gasteiger charge is -2.13. The summed E-state index contributed by atoms with van der Waals surface area (Å²) in [6.07, 6.45) is 1.60. The van der Waals surface area contributed by atoms with Crippen LogP contribution >= 0.6 is 22.6 Å². The largest absolute Gasteiger partial charge is 0.481 e. The predicted molar refractivity (Wildman–Crippen MR) is 78.6 cm³/mol. The zero-order chi connectivity index (χ0) is 13.0. The molecule has 0 fully saturated rings. The maximum Gasteiger partial charge on any atom is 0.218 e.